The average Bonchev–Trinajstić information content (AvgIpc) is 1.55. The van der Waals surface area contributed by atoms with E-state index in [1.54, 1.807) is 6.08 Å². The van der Waals surface area contributed by atoms with Crippen molar-refractivity contribution in [2.45, 2.75) is 415 Å². The number of carbonyl (C=O) groups excluding carboxylic acids is 1. The van der Waals surface area contributed by atoms with E-state index in [4.69, 9.17) is 18.9 Å². The number of aliphatic hydroxyl groups is 8. The molecule has 0 radical (unpaired) electrons. The van der Waals surface area contributed by atoms with Crippen molar-refractivity contribution in [1.82, 2.24) is 5.32 Å². The Morgan fingerprint density at radius 2 is 0.724 bits per heavy atom. The highest BCUT2D eigenvalue weighted by Gasteiger charge is 2.51. The number of amides is 1. The van der Waals surface area contributed by atoms with Crippen LogP contribution in [-0.4, -0.2) is 140 Å². The van der Waals surface area contributed by atoms with Gasteiger partial charge in [-0.3, -0.25) is 4.79 Å². The normalized spacial score (nSPS) is 23.3. The standard InChI is InChI=1S/C73H139NO13/c1-3-5-7-9-11-13-15-17-19-21-23-25-27-29-30-31-32-33-35-37-39-41-43-45-47-49-51-53-55-57-65(78)74-61(60-84-72-70(83)68(81)71(64(59-76)86-72)87-73-69(82)67(80)66(79)63(58-75)85-73)62(77)56-54-52-50-48-46-44-42-40-38-36-34-28-26-24-22-20-18-16-14-12-10-8-6-4-2/h21,23,54,56,61-64,66-73,75-77,79-83H,3-20,22,24-53,55,57-60H2,1-2H3,(H,74,78)/b23-21-,56-54+. The monoisotopic (exact) mass is 1240 g/mol. The van der Waals surface area contributed by atoms with Crippen LogP contribution in [0.2, 0.25) is 0 Å². The summed E-state index contributed by atoms with van der Waals surface area (Å²) in [6, 6.07) is -0.913. The molecule has 2 heterocycles. The van der Waals surface area contributed by atoms with Crippen molar-refractivity contribution in [3.8, 4) is 0 Å². The largest absolute Gasteiger partial charge is 0.394 e. The van der Waals surface area contributed by atoms with Gasteiger partial charge >= 0.3 is 0 Å². The second-order valence-corrected chi connectivity index (χ2v) is 26.4. The zero-order chi connectivity index (χ0) is 63.1. The van der Waals surface area contributed by atoms with Crippen molar-refractivity contribution in [2.24, 2.45) is 0 Å². The van der Waals surface area contributed by atoms with Crippen LogP contribution in [0.15, 0.2) is 24.3 Å². The van der Waals surface area contributed by atoms with Crippen molar-refractivity contribution in [3.05, 3.63) is 24.3 Å². The molecular weight excluding hydrogens is 1100 g/mol. The van der Waals surface area contributed by atoms with Crippen LogP contribution >= 0.6 is 0 Å². The van der Waals surface area contributed by atoms with E-state index in [-0.39, 0.29) is 18.9 Å². The fraction of sp³-hybridized carbons (Fsp3) is 0.932. The zero-order valence-electron chi connectivity index (χ0n) is 56.0. The molecule has 0 aliphatic carbocycles. The van der Waals surface area contributed by atoms with Crippen LogP contribution in [0.1, 0.15) is 341 Å². The summed E-state index contributed by atoms with van der Waals surface area (Å²) in [4.78, 5) is 13.4. The minimum atomic E-state index is -1.79. The summed E-state index contributed by atoms with van der Waals surface area (Å²) in [5, 5.41) is 87.5. The van der Waals surface area contributed by atoms with E-state index >= 15 is 0 Å². The Hall–Kier alpha value is -1.53. The van der Waals surface area contributed by atoms with Gasteiger partial charge in [-0.1, -0.05) is 314 Å². The highest BCUT2D eigenvalue weighted by atomic mass is 16.7. The van der Waals surface area contributed by atoms with E-state index in [2.05, 4.69) is 31.3 Å². The van der Waals surface area contributed by atoms with Crippen LogP contribution in [-0.2, 0) is 23.7 Å². The minimum Gasteiger partial charge on any atom is -0.394 e. The highest BCUT2D eigenvalue weighted by Crippen LogP contribution is 2.30. The zero-order valence-corrected chi connectivity index (χ0v) is 56.0. The van der Waals surface area contributed by atoms with E-state index < -0.39 is 86.8 Å². The molecule has 2 aliphatic heterocycles. The summed E-state index contributed by atoms with van der Waals surface area (Å²) in [6.45, 7) is 2.86. The van der Waals surface area contributed by atoms with Gasteiger partial charge in [0.15, 0.2) is 12.6 Å². The molecule has 2 aliphatic rings. The molecule has 0 aromatic heterocycles. The molecule has 9 N–H and O–H groups in total. The minimum absolute atomic E-state index is 0.232. The quantitative estimate of drug-likeness (QED) is 0.0204. The summed E-state index contributed by atoms with van der Waals surface area (Å²) >= 11 is 0. The molecule has 514 valence electrons. The smallest absolute Gasteiger partial charge is 0.220 e. The third-order valence-electron chi connectivity index (χ3n) is 18.4. The van der Waals surface area contributed by atoms with Crippen molar-refractivity contribution in [1.29, 1.82) is 0 Å². The summed E-state index contributed by atoms with van der Waals surface area (Å²) in [7, 11) is 0. The predicted molar refractivity (Wildman–Crippen MR) is 355 cm³/mol. The molecule has 14 heteroatoms. The molecule has 2 saturated heterocycles. The molecule has 2 rings (SSSR count). The predicted octanol–water partition coefficient (Wildman–Crippen LogP) is 15.5. The van der Waals surface area contributed by atoms with Crippen LogP contribution in [0, 0.1) is 0 Å². The molecule has 1 amide bonds. The van der Waals surface area contributed by atoms with Gasteiger partial charge < -0.3 is 65.1 Å². The summed E-state index contributed by atoms with van der Waals surface area (Å²) in [6.07, 6.45) is 56.7. The number of hydrogen-bond donors (Lipinski definition) is 9. The molecular formula is C73H139NO13. The van der Waals surface area contributed by atoms with Gasteiger partial charge in [0.2, 0.25) is 5.91 Å². The van der Waals surface area contributed by atoms with E-state index in [0.29, 0.717) is 6.42 Å². The van der Waals surface area contributed by atoms with Crippen LogP contribution < -0.4 is 5.32 Å². The maximum absolute atomic E-state index is 13.4. The first-order chi connectivity index (χ1) is 42.6. The lowest BCUT2D eigenvalue weighted by Gasteiger charge is -2.46. The number of allylic oxidation sites excluding steroid dienone is 3. The van der Waals surface area contributed by atoms with E-state index in [0.717, 1.165) is 38.5 Å². The lowest BCUT2D eigenvalue weighted by Crippen LogP contribution is -2.65. The van der Waals surface area contributed by atoms with Crippen molar-refractivity contribution < 1.29 is 64.6 Å². The molecule has 0 aromatic rings. The Balaban J connectivity index is 1.65. The van der Waals surface area contributed by atoms with Gasteiger partial charge in [0.1, 0.15) is 48.8 Å². The molecule has 0 saturated carbocycles. The molecule has 87 heavy (non-hydrogen) atoms. The molecule has 12 atom stereocenters. The SMILES string of the molecule is CCCCCCCCCC/C=C\CCCCCCCCCCCCCCCCCCCC(=O)NC(COC1OC(CO)C(OC2OC(CO)C(O)C(O)C2O)C(O)C1O)C(O)/C=C/CCCCCCCCCCCCCCCCCCCCCCCC. The van der Waals surface area contributed by atoms with Crippen molar-refractivity contribution in [3.63, 3.8) is 0 Å². The highest BCUT2D eigenvalue weighted by molar-refractivity contribution is 5.76. The maximum Gasteiger partial charge on any atom is 0.220 e. The molecule has 0 aromatic carbocycles. The van der Waals surface area contributed by atoms with Gasteiger partial charge in [0.25, 0.3) is 0 Å². The Morgan fingerprint density at radius 3 is 1.09 bits per heavy atom. The fourth-order valence-corrected chi connectivity index (χ4v) is 12.5. The third kappa shape index (κ3) is 42.4. The maximum atomic E-state index is 13.4. The number of hydrogen-bond acceptors (Lipinski definition) is 13. The summed E-state index contributed by atoms with van der Waals surface area (Å²) < 4.78 is 22.9. The second-order valence-electron chi connectivity index (χ2n) is 26.4. The third-order valence-corrected chi connectivity index (χ3v) is 18.4. The second kappa shape index (κ2) is 58.3. The lowest BCUT2D eigenvalue weighted by atomic mass is 9.97. The summed E-state index contributed by atoms with van der Waals surface area (Å²) in [5.74, 6) is -0.232. The van der Waals surface area contributed by atoms with Crippen molar-refractivity contribution in [2.75, 3.05) is 19.8 Å². The van der Waals surface area contributed by atoms with Gasteiger partial charge in [-0.15, -0.1) is 0 Å². The molecule has 14 nitrogen and oxygen atoms in total. The van der Waals surface area contributed by atoms with E-state index in [1.807, 2.05) is 6.08 Å². The number of aliphatic hydroxyl groups excluding tert-OH is 8. The van der Waals surface area contributed by atoms with Crippen LogP contribution in [0.5, 0.6) is 0 Å². The van der Waals surface area contributed by atoms with Gasteiger partial charge in [-0.05, 0) is 44.9 Å². The van der Waals surface area contributed by atoms with Crippen LogP contribution in [0.3, 0.4) is 0 Å². The Morgan fingerprint density at radius 1 is 0.402 bits per heavy atom. The van der Waals surface area contributed by atoms with Crippen LogP contribution in [0.25, 0.3) is 0 Å². The first kappa shape index (κ1) is 81.6. The Bertz CT molecular complexity index is 1550. The van der Waals surface area contributed by atoms with Gasteiger partial charge in [-0.2, -0.15) is 0 Å². The van der Waals surface area contributed by atoms with Gasteiger partial charge in [-0.25, -0.2) is 0 Å². The fourth-order valence-electron chi connectivity index (χ4n) is 12.5. The van der Waals surface area contributed by atoms with Gasteiger partial charge in [0, 0.05) is 6.42 Å². The molecule has 0 spiro atoms. The van der Waals surface area contributed by atoms with E-state index in [1.165, 1.54) is 276 Å². The number of unbranched alkanes of at least 4 members (excludes halogenated alkanes) is 47. The van der Waals surface area contributed by atoms with E-state index in [9.17, 15) is 45.6 Å². The number of carbonyl (C=O) groups is 1. The molecule has 12 unspecified atom stereocenters. The van der Waals surface area contributed by atoms with Crippen LogP contribution in [0.4, 0.5) is 0 Å². The Kier molecular flexibility index (Phi) is 54.7. The number of nitrogens with one attached hydrogen (secondary N) is 1. The number of rotatable bonds is 62. The Labute approximate surface area is 532 Å². The first-order valence-electron chi connectivity index (χ1n) is 37.1. The average molecular weight is 1240 g/mol. The van der Waals surface area contributed by atoms with Crippen molar-refractivity contribution >= 4 is 5.91 Å². The topological polar surface area (TPSA) is 228 Å². The molecule has 0 bridgehead atoms. The number of ether oxygens (including phenoxy) is 4. The molecule has 2 fully saturated rings. The lowest BCUT2D eigenvalue weighted by molar-refractivity contribution is -0.359. The van der Waals surface area contributed by atoms with Gasteiger partial charge in [0.05, 0.1) is 32.0 Å². The summed E-state index contributed by atoms with van der Waals surface area (Å²) in [5.41, 5.74) is 0. The first-order valence-corrected chi connectivity index (χ1v) is 37.1.